The van der Waals surface area contributed by atoms with E-state index in [-0.39, 0.29) is 0 Å². The van der Waals surface area contributed by atoms with Gasteiger partial charge < -0.3 is 4.57 Å². The van der Waals surface area contributed by atoms with E-state index >= 15 is 0 Å². The lowest BCUT2D eigenvalue weighted by Gasteiger charge is -2.09. The Morgan fingerprint density at radius 1 is 1.40 bits per heavy atom. The second-order valence-corrected chi connectivity index (χ2v) is 4.32. The highest BCUT2D eigenvalue weighted by atomic mass is 35.5. The third-order valence-electron chi connectivity index (χ3n) is 2.66. The Kier molecular flexibility index (Phi) is 2.70. The number of hydrogen-bond donors (Lipinski definition) is 0. The first-order valence-electron chi connectivity index (χ1n) is 5.30. The van der Waals surface area contributed by atoms with Crippen LogP contribution in [-0.4, -0.2) is 9.55 Å². The molecule has 2 aromatic rings. The summed E-state index contributed by atoms with van der Waals surface area (Å²) in [7, 11) is 0. The Bertz CT molecular complexity index is 486. The van der Waals surface area contributed by atoms with E-state index in [9.17, 15) is 0 Å². The van der Waals surface area contributed by atoms with Gasteiger partial charge in [-0.25, -0.2) is 4.98 Å². The highest BCUT2D eigenvalue weighted by Crippen LogP contribution is 2.26. The first-order valence-corrected chi connectivity index (χ1v) is 5.68. The van der Waals surface area contributed by atoms with Crippen molar-refractivity contribution in [2.75, 3.05) is 0 Å². The molecule has 0 radical (unpaired) electrons. The summed E-state index contributed by atoms with van der Waals surface area (Å²) < 4.78 is 2.07. The molecule has 15 heavy (non-hydrogen) atoms. The number of imidazole rings is 1. The monoisotopic (exact) mass is 222 g/mol. The highest BCUT2D eigenvalue weighted by Gasteiger charge is 2.12. The van der Waals surface area contributed by atoms with E-state index in [4.69, 9.17) is 11.6 Å². The number of halogens is 1. The van der Waals surface area contributed by atoms with Crippen LogP contribution in [0, 0.1) is 0 Å². The van der Waals surface area contributed by atoms with Gasteiger partial charge in [-0.15, -0.1) is 0 Å². The normalized spacial score (nSPS) is 11.5. The lowest BCUT2D eigenvalue weighted by atomic mass is 10.1. The molecule has 2 nitrogen and oxygen atoms in total. The molecule has 2 rings (SSSR count). The van der Waals surface area contributed by atoms with E-state index in [2.05, 4.69) is 48.5 Å². The molecule has 0 fully saturated rings. The molecule has 80 valence electrons. The number of para-hydroxylation sites is 1. The predicted octanol–water partition coefficient (Wildman–Crippen LogP) is 3.83. The van der Waals surface area contributed by atoms with Crippen LogP contribution >= 0.6 is 11.6 Å². The number of hydrogen-bond acceptors (Lipinski definition) is 1. The molecule has 0 aliphatic rings. The van der Waals surface area contributed by atoms with Gasteiger partial charge in [-0.1, -0.05) is 19.1 Å². The molecule has 3 heteroatoms. The number of benzene rings is 1. The number of aromatic nitrogens is 2. The fourth-order valence-electron chi connectivity index (χ4n) is 1.92. The molecule has 0 amide bonds. The lowest BCUT2D eigenvalue weighted by molar-refractivity contribution is 0.618. The minimum absolute atomic E-state index is 0.342. The summed E-state index contributed by atoms with van der Waals surface area (Å²) >= 11 is 6.14. The van der Waals surface area contributed by atoms with Crippen molar-refractivity contribution in [3.8, 4) is 0 Å². The lowest BCUT2D eigenvalue weighted by Crippen LogP contribution is -2.00. The van der Waals surface area contributed by atoms with Crippen LogP contribution in [0.1, 0.15) is 32.4 Å². The average molecular weight is 223 g/mol. The van der Waals surface area contributed by atoms with Crippen molar-refractivity contribution in [2.24, 2.45) is 0 Å². The molecule has 1 aromatic heterocycles. The standard InChI is InChI=1S/C12H15ClN2/c1-4-9-6-5-7-10-11(9)14-12(13)15(10)8(2)3/h5-8H,4H2,1-3H3. The number of nitrogens with zero attached hydrogens (tertiary/aromatic N) is 2. The van der Waals surface area contributed by atoms with Crippen molar-refractivity contribution in [1.82, 2.24) is 9.55 Å². The van der Waals surface area contributed by atoms with E-state index in [1.165, 1.54) is 5.56 Å². The zero-order valence-electron chi connectivity index (χ0n) is 9.29. The number of rotatable bonds is 2. The molecule has 0 atom stereocenters. The highest BCUT2D eigenvalue weighted by molar-refractivity contribution is 6.29. The van der Waals surface area contributed by atoms with E-state index in [0.29, 0.717) is 11.3 Å². The number of fused-ring (bicyclic) bond motifs is 1. The van der Waals surface area contributed by atoms with Crippen molar-refractivity contribution < 1.29 is 0 Å². The predicted molar refractivity (Wildman–Crippen MR) is 64.5 cm³/mol. The van der Waals surface area contributed by atoms with Gasteiger partial charge in [-0.2, -0.15) is 0 Å². The minimum atomic E-state index is 0.342. The fourth-order valence-corrected chi connectivity index (χ4v) is 2.29. The van der Waals surface area contributed by atoms with Crippen molar-refractivity contribution in [3.05, 3.63) is 29.0 Å². The summed E-state index contributed by atoms with van der Waals surface area (Å²) in [5, 5.41) is 0.584. The topological polar surface area (TPSA) is 17.8 Å². The first kappa shape index (κ1) is 10.5. The maximum absolute atomic E-state index is 6.14. The van der Waals surface area contributed by atoms with Gasteiger partial charge in [-0.3, -0.25) is 0 Å². The van der Waals surface area contributed by atoms with Crippen LogP contribution in [0.3, 0.4) is 0 Å². The second-order valence-electron chi connectivity index (χ2n) is 3.98. The molecule has 0 saturated heterocycles. The summed E-state index contributed by atoms with van der Waals surface area (Å²) in [6, 6.07) is 6.59. The second kappa shape index (κ2) is 3.86. The Hall–Kier alpha value is -1.02. The maximum atomic E-state index is 6.14. The van der Waals surface area contributed by atoms with Gasteiger partial charge in [0.1, 0.15) is 0 Å². The average Bonchev–Trinajstić information content (AvgIpc) is 2.53. The SMILES string of the molecule is CCc1cccc2c1nc(Cl)n2C(C)C. The van der Waals surface area contributed by atoms with E-state index in [1.807, 2.05) is 0 Å². The maximum Gasteiger partial charge on any atom is 0.204 e. The van der Waals surface area contributed by atoms with Crippen LogP contribution in [0.4, 0.5) is 0 Å². The van der Waals surface area contributed by atoms with Crippen molar-refractivity contribution in [2.45, 2.75) is 33.2 Å². The van der Waals surface area contributed by atoms with Crippen LogP contribution in [0.15, 0.2) is 18.2 Å². The van der Waals surface area contributed by atoms with Gasteiger partial charge in [-0.05, 0) is 43.5 Å². The third-order valence-corrected chi connectivity index (χ3v) is 2.92. The van der Waals surface area contributed by atoms with Crippen LogP contribution in [-0.2, 0) is 6.42 Å². The van der Waals surface area contributed by atoms with Gasteiger partial charge in [0.15, 0.2) is 0 Å². The quantitative estimate of drug-likeness (QED) is 0.755. The molecule has 0 N–H and O–H groups in total. The van der Waals surface area contributed by atoms with Crippen molar-refractivity contribution in [1.29, 1.82) is 0 Å². The molecular formula is C12H15ClN2. The van der Waals surface area contributed by atoms with E-state index in [0.717, 1.165) is 17.5 Å². The van der Waals surface area contributed by atoms with Crippen LogP contribution in [0.25, 0.3) is 11.0 Å². The zero-order valence-corrected chi connectivity index (χ0v) is 10.0. The molecule has 0 aliphatic heterocycles. The molecule has 0 unspecified atom stereocenters. The van der Waals surface area contributed by atoms with Crippen LogP contribution in [0.2, 0.25) is 5.28 Å². The summed E-state index contributed by atoms with van der Waals surface area (Å²) in [5.41, 5.74) is 3.43. The van der Waals surface area contributed by atoms with Crippen LogP contribution < -0.4 is 0 Å². The molecule has 0 bridgehead atoms. The molecular weight excluding hydrogens is 208 g/mol. The Morgan fingerprint density at radius 2 is 2.13 bits per heavy atom. The smallest absolute Gasteiger partial charge is 0.204 e. The van der Waals surface area contributed by atoms with E-state index in [1.54, 1.807) is 0 Å². The van der Waals surface area contributed by atoms with Crippen LogP contribution in [0.5, 0.6) is 0 Å². The van der Waals surface area contributed by atoms with Gasteiger partial charge in [0.05, 0.1) is 11.0 Å². The molecule has 0 spiro atoms. The fraction of sp³-hybridized carbons (Fsp3) is 0.417. The van der Waals surface area contributed by atoms with Gasteiger partial charge >= 0.3 is 0 Å². The summed E-state index contributed by atoms with van der Waals surface area (Å²) in [5.74, 6) is 0. The third kappa shape index (κ3) is 1.63. The van der Waals surface area contributed by atoms with Gasteiger partial charge in [0.2, 0.25) is 5.28 Å². The Balaban J connectivity index is 2.78. The van der Waals surface area contributed by atoms with Crippen molar-refractivity contribution >= 4 is 22.6 Å². The zero-order chi connectivity index (χ0) is 11.0. The largest absolute Gasteiger partial charge is 0.312 e. The van der Waals surface area contributed by atoms with Crippen molar-refractivity contribution in [3.63, 3.8) is 0 Å². The summed E-state index contributed by atoms with van der Waals surface area (Å²) in [6.45, 7) is 6.37. The first-order chi connectivity index (χ1) is 7.15. The molecule has 0 saturated carbocycles. The van der Waals surface area contributed by atoms with Gasteiger partial charge in [0, 0.05) is 6.04 Å². The minimum Gasteiger partial charge on any atom is -0.312 e. The molecule has 1 aromatic carbocycles. The van der Waals surface area contributed by atoms with E-state index < -0.39 is 0 Å². The van der Waals surface area contributed by atoms with Gasteiger partial charge in [0.25, 0.3) is 0 Å². The number of aryl methyl sites for hydroxylation is 1. The molecule has 0 aliphatic carbocycles. The molecule has 1 heterocycles. The Labute approximate surface area is 94.9 Å². The summed E-state index contributed by atoms with van der Waals surface area (Å²) in [4.78, 5) is 4.43. The Morgan fingerprint density at radius 3 is 2.73 bits per heavy atom. The summed E-state index contributed by atoms with van der Waals surface area (Å²) in [6.07, 6.45) is 0.989.